The minimum absolute atomic E-state index is 0.114. The molecule has 1 rings (SSSR count). The number of nitrogens with one attached hydrogen (secondary N) is 1. The lowest BCUT2D eigenvalue weighted by molar-refractivity contribution is 0.0629. The molecule has 0 saturated heterocycles. The van der Waals surface area contributed by atoms with Crippen LogP contribution in [0.15, 0.2) is 12.1 Å². The molecule has 0 atom stereocenters. The summed E-state index contributed by atoms with van der Waals surface area (Å²) >= 11 is 0. The van der Waals surface area contributed by atoms with E-state index in [2.05, 4.69) is 5.32 Å². The quantitative estimate of drug-likeness (QED) is 0.628. The predicted molar refractivity (Wildman–Crippen MR) is 71.9 cm³/mol. The third-order valence-electron chi connectivity index (χ3n) is 2.22. The summed E-state index contributed by atoms with van der Waals surface area (Å²) in [5.74, 6) is -3.93. The molecule has 0 radical (unpaired) electrons. The number of aromatic hydroxyl groups is 1. The fourth-order valence-corrected chi connectivity index (χ4v) is 1.45. The Hall–Kier alpha value is -2.77. The number of carboxylic acids is 2. The van der Waals surface area contributed by atoms with Crippen molar-refractivity contribution in [3.63, 3.8) is 0 Å². The van der Waals surface area contributed by atoms with E-state index in [0.717, 1.165) is 12.1 Å². The SMILES string of the molecule is CC(C)(C)OC(=O)Nc1cc(C(=O)O)c(O)c(C(=O)O)c1. The van der Waals surface area contributed by atoms with Gasteiger partial charge < -0.3 is 20.1 Å². The molecule has 8 heteroatoms. The minimum Gasteiger partial charge on any atom is -0.506 e. The molecule has 0 heterocycles. The number of phenols is 1. The summed E-state index contributed by atoms with van der Waals surface area (Å²) in [4.78, 5) is 33.5. The van der Waals surface area contributed by atoms with E-state index >= 15 is 0 Å². The molecule has 0 aliphatic carbocycles. The van der Waals surface area contributed by atoms with E-state index in [9.17, 15) is 19.5 Å². The molecule has 0 aliphatic rings. The van der Waals surface area contributed by atoms with Gasteiger partial charge in [0, 0.05) is 5.69 Å². The number of benzene rings is 1. The van der Waals surface area contributed by atoms with Crippen molar-refractivity contribution in [2.75, 3.05) is 5.32 Å². The molecule has 8 nitrogen and oxygen atoms in total. The van der Waals surface area contributed by atoms with Gasteiger partial charge in [-0.05, 0) is 32.9 Å². The van der Waals surface area contributed by atoms with E-state index in [-0.39, 0.29) is 5.69 Å². The van der Waals surface area contributed by atoms with Gasteiger partial charge in [0.1, 0.15) is 22.5 Å². The number of hydrogen-bond donors (Lipinski definition) is 4. The zero-order valence-electron chi connectivity index (χ0n) is 11.6. The highest BCUT2D eigenvalue weighted by molar-refractivity contribution is 6.01. The first-order chi connectivity index (χ1) is 9.51. The van der Waals surface area contributed by atoms with Crippen LogP contribution in [-0.2, 0) is 4.74 Å². The number of ether oxygens (including phenoxy) is 1. The summed E-state index contributed by atoms with van der Waals surface area (Å²) in [6, 6.07) is 1.88. The third kappa shape index (κ3) is 4.37. The van der Waals surface area contributed by atoms with Crippen LogP contribution in [-0.4, -0.2) is 39.0 Å². The highest BCUT2D eigenvalue weighted by Gasteiger charge is 2.22. The van der Waals surface area contributed by atoms with Gasteiger partial charge in [0.05, 0.1) is 0 Å². The Morgan fingerprint density at radius 1 is 1.05 bits per heavy atom. The molecule has 1 aromatic rings. The largest absolute Gasteiger partial charge is 0.506 e. The lowest BCUT2D eigenvalue weighted by atomic mass is 10.1. The number of carbonyl (C=O) groups is 3. The molecule has 4 N–H and O–H groups in total. The van der Waals surface area contributed by atoms with Gasteiger partial charge in [-0.1, -0.05) is 0 Å². The molecule has 0 saturated carbocycles. The van der Waals surface area contributed by atoms with Crippen LogP contribution in [0.4, 0.5) is 10.5 Å². The van der Waals surface area contributed by atoms with Crippen molar-refractivity contribution in [1.29, 1.82) is 0 Å². The second kappa shape index (κ2) is 5.70. The van der Waals surface area contributed by atoms with Crippen LogP contribution >= 0.6 is 0 Å². The van der Waals surface area contributed by atoms with Gasteiger partial charge in [-0.25, -0.2) is 14.4 Å². The van der Waals surface area contributed by atoms with Crippen LogP contribution in [0.3, 0.4) is 0 Å². The Morgan fingerprint density at radius 2 is 1.48 bits per heavy atom. The molecular formula is C13H15NO7. The fraction of sp³-hybridized carbons (Fsp3) is 0.308. The summed E-state index contributed by atoms with van der Waals surface area (Å²) in [5.41, 5.74) is -2.16. The summed E-state index contributed by atoms with van der Waals surface area (Å²) < 4.78 is 4.97. The number of rotatable bonds is 3. The first kappa shape index (κ1) is 16.3. The highest BCUT2D eigenvalue weighted by Crippen LogP contribution is 2.27. The Morgan fingerprint density at radius 3 is 1.81 bits per heavy atom. The van der Waals surface area contributed by atoms with Gasteiger partial charge in [-0.2, -0.15) is 0 Å². The normalized spacial score (nSPS) is 10.8. The second-order valence-electron chi connectivity index (χ2n) is 5.16. The van der Waals surface area contributed by atoms with Gasteiger partial charge in [-0.15, -0.1) is 0 Å². The molecule has 1 aromatic carbocycles. The maximum atomic E-state index is 11.6. The van der Waals surface area contributed by atoms with E-state index in [1.807, 2.05) is 0 Å². The summed E-state index contributed by atoms with van der Waals surface area (Å²) in [6.45, 7) is 4.90. The van der Waals surface area contributed by atoms with Crippen molar-refractivity contribution in [3.05, 3.63) is 23.3 Å². The van der Waals surface area contributed by atoms with Crippen LogP contribution < -0.4 is 5.32 Å². The van der Waals surface area contributed by atoms with Gasteiger partial charge in [-0.3, -0.25) is 5.32 Å². The summed E-state index contributed by atoms with van der Waals surface area (Å²) in [6.07, 6.45) is -0.874. The predicted octanol–water partition coefficient (Wildman–Crippen LogP) is 2.14. The van der Waals surface area contributed by atoms with Crippen molar-refractivity contribution in [2.45, 2.75) is 26.4 Å². The average molecular weight is 297 g/mol. The van der Waals surface area contributed by atoms with Gasteiger partial charge in [0.15, 0.2) is 0 Å². The van der Waals surface area contributed by atoms with E-state index in [0.29, 0.717) is 0 Å². The Labute approximate surface area is 120 Å². The molecule has 21 heavy (non-hydrogen) atoms. The van der Waals surface area contributed by atoms with Crippen LogP contribution in [0.2, 0.25) is 0 Å². The second-order valence-corrected chi connectivity index (χ2v) is 5.16. The molecule has 0 aromatic heterocycles. The lowest BCUT2D eigenvalue weighted by Gasteiger charge is -2.20. The molecule has 0 bridgehead atoms. The van der Waals surface area contributed by atoms with Crippen molar-refractivity contribution >= 4 is 23.7 Å². The highest BCUT2D eigenvalue weighted by atomic mass is 16.6. The topological polar surface area (TPSA) is 133 Å². The maximum absolute atomic E-state index is 11.6. The number of aromatic carboxylic acids is 2. The van der Waals surface area contributed by atoms with E-state index in [4.69, 9.17) is 14.9 Å². The molecule has 0 aliphatic heterocycles. The number of anilines is 1. The molecule has 114 valence electrons. The van der Waals surface area contributed by atoms with Crippen molar-refractivity contribution < 1.29 is 34.4 Å². The van der Waals surface area contributed by atoms with Gasteiger partial charge in [0.2, 0.25) is 0 Å². The summed E-state index contributed by atoms with van der Waals surface area (Å²) in [5, 5.41) is 29.6. The number of amides is 1. The Kier molecular flexibility index (Phi) is 4.42. The zero-order chi connectivity index (χ0) is 16.4. The van der Waals surface area contributed by atoms with Gasteiger partial charge >= 0.3 is 18.0 Å². The van der Waals surface area contributed by atoms with Gasteiger partial charge in [0.25, 0.3) is 0 Å². The van der Waals surface area contributed by atoms with Crippen molar-refractivity contribution in [1.82, 2.24) is 0 Å². The third-order valence-corrected chi connectivity index (χ3v) is 2.22. The average Bonchev–Trinajstić information content (AvgIpc) is 2.27. The lowest BCUT2D eigenvalue weighted by Crippen LogP contribution is -2.27. The van der Waals surface area contributed by atoms with Crippen LogP contribution in [0.1, 0.15) is 41.5 Å². The van der Waals surface area contributed by atoms with Crippen LogP contribution in [0.25, 0.3) is 0 Å². The van der Waals surface area contributed by atoms with E-state index < -0.39 is 40.5 Å². The van der Waals surface area contributed by atoms with Crippen LogP contribution in [0.5, 0.6) is 5.75 Å². The standard InChI is InChI=1S/C13H15NO7/c1-13(2,3)21-12(20)14-6-4-7(10(16)17)9(15)8(5-6)11(18)19/h4-5,15H,1-3H3,(H,14,20)(H,16,17)(H,18,19). The smallest absolute Gasteiger partial charge is 0.412 e. The Balaban J connectivity index is 3.17. The molecule has 0 fully saturated rings. The monoisotopic (exact) mass is 297 g/mol. The van der Waals surface area contributed by atoms with Crippen molar-refractivity contribution in [3.8, 4) is 5.75 Å². The van der Waals surface area contributed by atoms with Crippen molar-refractivity contribution in [2.24, 2.45) is 0 Å². The summed E-state index contributed by atoms with van der Waals surface area (Å²) in [7, 11) is 0. The molecule has 0 spiro atoms. The van der Waals surface area contributed by atoms with E-state index in [1.54, 1.807) is 20.8 Å². The molecule has 0 unspecified atom stereocenters. The first-order valence-corrected chi connectivity index (χ1v) is 5.85. The number of carboxylic acid groups (broad SMARTS) is 2. The number of carbonyl (C=O) groups excluding carboxylic acids is 1. The minimum atomic E-state index is -1.53. The Bertz CT molecular complexity index is 566. The first-order valence-electron chi connectivity index (χ1n) is 5.85. The number of hydrogen-bond acceptors (Lipinski definition) is 5. The van der Waals surface area contributed by atoms with E-state index in [1.165, 1.54) is 0 Å². The fourth-order valence-electron chi connectivity index (χ4n) is 1.45. The van der Waals surface area contributed by atoms with Crippen LogP contribution in [0, 0.1) is 0 Å². The molecular weight excluding hydrogens is 282 g/mol. The maximum Gasteiger partial charge on any atom is 0.412 e. The zero-order valence-corrected chi connectivity index (χ0v) is 11.6. The molecule has 1 amide bonds.